The van der Waals surface area contributed by atoms with E-state index in [4.69, 9.17) is 20.8 Å². The number of hydrogen-bond donors (Lipinski definition) is 0. The zero-order valence-electron chi connectivity index (χ0n) is 14.9. The van der Waals surface area contributed by atoms with Gasteiger partial charge in [-0.15, -0.1) is 11.8 Å². The Morgan fingerprint density at radius 2 is 1.89 bits per heavy atom. The highest BCUT2D eigenvalue weighted by Gasteiger charge is 2.11. The summed E-state index contributed by atoms with van der Waals surface area (Å²) in [4.78, 5) is 24.8. The Hall–Kier alpha value is -2.76. The highest BCUT2D eigenvalue weighted by atomic mass is 35.5. The molecule has 6 heteroatoms. The Labute approximate surface area is 170 Å². The van der Waals surface area contributed by atoms with E-state index < -0.39 is 11.6 Å². The van der Waals surface area contributed by atoms with Gasteiger partial charge in [0.15, 0.2) is 0 Å². The van der Waals surface area contributed by atoms with Crippen LogP contribution in [0.5, 0.6) is 5.75 Å². The van der Waals surface area contributed by atoms with E-state index >= 15 is 0 Å². The molecule has 0 bridgehead atoms. The van der Waals surface area contributed by atoms with Crippen LogP contribution in [-0.4, -0.2) is 11.7 Å². The average Bonchev–Trinajstić information content (AvgIpc) is 2.66. The summed E-state index contributed by atoms with van der Waals surface area (Å²) < 4.78 is 10.6. The van der Waals surface area contributed by atoms with Gasteiger partial charge in [0.1, 0.15) is 11.3 Å². The van der Waals surface area contributed by atoms with Crippen LogP contribution in [0.1, 0.15) is 5.56 Å². The molecule has 0 aliphatic rings. The van der Waals surface area contributed by atoms with E-state index in [0.29, 0.717) is 16.4 Å². The number of halogens is 1. The number of rotatable bonds is 4. The number of ether oxygens (including phenoxy) is 1. The molecule has 0 aliphatic carbocycles. The Balaban J connectivity index is 1.51. The van der Waals surface area contributed by atoms with Crippen LogP contribution >= 0.6 is 23.4 Å². The maximum Gasteiger partial charge on any atom is 0.336 e. The van der Waals surface area contributed by atoms with Crippen LogP contribution in [0.15, 0.2) is 74.8 Å². The third kappa shape index (κ3) is 3.77. The summed E-state index contributed by atoms with van der Waals surface area (Å²) >= 11 is 7.69. The fourth-order valence-electron chi connectivity index (χ4n) is 3.05. The topological polar surface area (TPSA) is 56.5 Å². The minimum absolute atomic E-state index is 0.125. The molecule has 1 aromatic heterocycles. The van der Waals surface area contributed by atoms with Gasteiger partial charge in [0.25, 0.3) is 0 Å². The molecule has 0 saturated heterocycles. The summed E-state index contributed by atoms with van der Waals surface area (Å²) in [5, 5.41) is 3.39. The quantitative estimate of drug-likeness (QED) is 0.189. The summed E-state index contributed by atoms with van der Waals surface area (Å²) in [6.45, 7) is 1.83. The van der Waals surface area contributed by atoms with Crippen molar-refractivity contribution in [3.05, 3.63) is 81.7 Å². The lowest BCUT2D eigenvalue weighted by Crippen LogP contribution is -2.10. The van der Waals surface area contributed by atoms with Gasteiger partial charge >= 0.3 is 11.6 Å². The van der Waals surface area contributed by atoms with E-state index in [1.54, 1.807) is 18.2 Å². The fourth-order valence-corrected chi connectivity index (χ4v) is 4.27. The van der Waals surface area contributed by atoms with Crippen molar-refractivity contribution in [2.24, 2.45) is 0 Å². The van der Waals surface area contributed by atoms with E-state index in [-0.39, 0.29) is 5.75 Å². The number of fused-ring (bicyclic) bond motifs is 2. The highest BCUT2D eigenvalue weighted by molar-refractivity contribution is 8.00. The molecular weight excluding hydrogens is 396 g/mol. The lowest BCUT2D eigenvalue weighted by molar-refractivity contribution is -0.131. The lowest BCUT2D eigenvalue weighted by atomic mass is 10.1. The van der Waals surface area contributed by atoms with Crippen molar-refractivity contribution in [3.8, 4) is 5.75 Å². The predicted molar refractivity (Wildman–Crippen MR) is 113 cm³/mol. The van der Waals surface area contributed by atoms with E-state index in [0.717, 1.165) is 26.6 Å². The second-order valence-electron chi connectivity index (χ2n) is 6.26. The maximum atomic E-state index is 12.3. The zero-order chi connectivity index (χ0) is 19.7. The van der Waals surface area contributed by atoms with Crippen molar-refractivity contribution in [2.75, 3.05) is 5.75 Å². The normalized spacial score (nSPS) is 11.1. The van der Waals surface area contributed by atoms with E-state index in [2.05, 4.69) is 0 Å². The van der Waals surface area contributed by atoms with Gasteiger partial charge in [0.05, 0.1) is 5.75 Å². The summed E-state index contributed by atoms with van der Waals surface area (Å²) in [6.07, 6.45) is 0. The second-order valence-corrected chi connectivity index (χ2v) is 7.69. The van der Waals surface area contributed by atoms with Crippen molar-refractivity contribution in [1.82, 2.24) is 0 Å². The van der Waals surface area contributed by atoms with Gasteiger partial charge in [-0.1, -0.05) is 35.9 Å². The van der Waals surface area contributed by atoms with Gasteiger partial charge in [-0.05, 0) is 42.1 Å². The van der Waals surface area contributed by atoms with Crippen LogP contribution in [0, 0.1) is 6.92 Å². The molecule has 4 rings (SSSR count). The summed E-state index contributed by atoms with van der Waals surface area (Å²) in [6, 6.07) is 18.0. The molecule has 0 aliphatic heterocycles. The van der Waals surface area contributed by atoms with Gasteiger partial charge in [0.2, 0.25) is 0 Å². The molecule has 0 fully saturated rings. The number of esters is 1. The van der Waals surface area contributed by atoms with Crippen molar-refractivity contribution in [3.63, 3.8) is 0 Å². The molecule has 0 spiro atoms. The molecule has 1 heterocycles. The van der Waals surface area contributed by atoms with Crippen LogP contribution in [-0.2, 0) is 4.79 Å². The van der Waals surface area contributed by atoms with Crippen molar-refractivity contribution in [1.29, 1.82) is 0 Å². The first kappa shape index (κ1) is 18.6. The Kier molecular flexibility index (Phi) is 5.11. The van der Waals surface area contributed by atoms with Crippen LogP contribution in [0.25, 0.3) is 21.7 Å². The summed E-state index contributed by atoms with van der Waals surface area (Å²) in [7, 11) is 0. The zero-order valence-corrected chi connectivity index (χ0v) is 16.5. The van der Waals surface area contributed by atoms with Gasteiger partial charge in [-0.25, -0.2) is 4.79 Å². The predicted octanol–water partition coefficient (Wildman–Crippen LogP) is 5.61. The fraction of sp³-hybridized carbons (Fsp3) is 0.0909. The van der Waals surface area contributed by atoms with Gasteiger partial charge in [-0.2, -0.15) is 0 Å². The summed E-state index contributed by atoms with van der Waals surface area (Å²) in [5.41, 5.74) is 0.771. The molecule has 4 aromatic rings. The standard InChI is InChI=1S/C22H15ClO4S/c1-13-10-20(24)27-18-11-15(8-9-16(13)18)26-21(25)12-28-19-7-3-5-14-4-2-6-17(23)22(14)19/h2-11H,12H2,1H3. The Morgan fingerprint density at radius 3 is 2.71 bits per heavy atom. The molecule has 0 unspecified atom stereocenters. The molecule has 0 N–H and O–H groups in total. The van der Waals surface area contributed by atoms with Crippen molar-refractivity contribution >= 4 is 51.1 Å². The highest BCUT2D eigenvalue weighted by Crippen LogP contribution is 2.33. The van der Waals surface area contributed by atoms with Crippen LogP contribution in [0.4, 0.5) is 0 Å². The molecule has 3 aromatic carbocycles. The van der Waals surface area contributed by atoms with E-state index in [1.165, 1.54) is 17.8 Å². The average molecular weight is 411 g/mol. The van der Waals surface area contributed by atoms with Gasteiger partial charge in [-0.3, -0.25) is 4.79 Å². The number of aryl methyl sites for hydroxylation is 1. The van der Waals surface area contributed by atoms with Crippen molar-refractivity contribution in [2.45, 2.75) is 11.8 Å². The van der Waals surface area contributed by atoms with E-state index in [9.17, 15) is 9.59 Å². The smallest absolute Gasteiger partial charge is 0.336 e. The molecule has 0 amide bonds. The maximum absolute atomic E-state index is 12.3. The van der Waals surface area contributed by atoms with E-state index in [1.807, 2.05) is 43.3 Å². The molecule has 28 heavy (non-hydrogen) atoms. The SMILES string of the molecule is Cc1cc(=O)oc2cc(OC(=O)CSc3cccc4cccc(Cl)c34)ccc12. The lowest BCUT2D eigenvalue weighted by Gasteiger charge is -2.09. The molecule has 0 radical (unpaired) electrons. The minimum Gasteiger partial charge on any atom is -0.426 e. The number of hydrogen-bond acceptors (Lipinski definition) is 5. The molecular formula is C22H15ClO4S. The Morgan fingerprint density at radius 1 is 1.11 bits per heavy atom. The van der Waals surface area contributed by atoms with Gasteiger partial charge < -0.3 is 9.15 Å². The first-order chi connectivity index (χ1) is 13.5. The number of carbonyl (C=O) groups is 1. The largest absolute Gasteiger partial charge is 0.426 e. The molecule has 0 saturated carbocycles. The van der Waals surface area contributed by atoms with Crippen LogP contribution in [0.2, 0.25) is 5.02 Å². The van der Waals surface area contributed by atoms with Crippen molar-refractivity contribution < 1.29 is 13.9 Å². The first-order valence-corrected chi connectivity index (χ1v) is 9.93. The minimum atomic E-state index is -0.433. The number of thioether (sulfide) groups is 1. The molecule has 0 atom stereocenters. The Bertz CT molecular complexity index is 1260. The third-order valence-electron chi connectivity index (χ3n) is 4.32. The summed E-state index contributed by atoms with van der Waals surface area (Å²) in [5.74, 6) is 0.0614. The third-order valence-corrected chi connectivity index (χ3v) is 5.66. The number of benzene rings is 3. The van der Waals surface area contributed by atoms with Crippen LogP contribution < -0.4 is 10.4 Å². The molecule has 4 nitrogen and oxygen atoms in total. The number of carbonyl (C=O) groups excluding carboxylic acids is 1. The van der Waals surface area contributed by atoms with Crippen LogP contribution in [0.3, 0.4) is 0 Å². The first-order valence-electron chi connectivity index (χ1n) is 8.56. The monoisotopic (exact) mass is 410 g/mol. The molecule has 140 valence electrons. The second kappa shape index (κ2) is 7.70. The van der Waals surface area contributed by atoms with Gasteiger partial charge in [0, 0.05) is 32.8 Å².